The van der Waals surface area contributed by atoms with Crippen LogP contribution in [0.3, 0.4) is 0 Å². The van der Waals surface area contributed by atoms with Gasteiger partial charge >= 0.3 is 0 Å². The summed E-state index contributed by atoms with van der Waals surface area (Å²) in [6.45, 7) is 4.39. The molecule has 0 nitrogen and oxygen atoms in total. The molecule has 1 aliphatic rings. The van der Waals surface area contributed by atoms with Gasteiger partial charge in [0.05, 0.1) is 0 Å². The number of aryl methyl sites for hydroxylation is 2. The van der Waals surface area contributed by atoms with Crippen molar-refractivity contribution in [1.82, 2.24) is 0 Å². The van der Waals surface area contributed by atoms with Gasteiger partial charge in [0.15, 0.2) is 0 Å². The van der Waals surface area contributed by atoms with E-state index in [0.717, 1.165) is 0 Å². The van der Waals surface area contributed by atoms with Crippen molar-refractivity contribution in [2.45, 2.75) is 26.7 Å². The Morgan fingerprint density at radius 3 is 2.69 bits per heavy atom. The zero-order valence-electron chi connectivity index (χ0n) is 8.02. The molecule has 0 radical (unpaired) electrons. The van der Waals surface area contributed by atoms with Crippen LogP contribution in [0.1, 0.15) is 30.0 Å². The smallest absolute Gasteiger partial charge is 0.0242 e. The highest BCUT2D eigenvalue weighted by atomic mass is 79.9. The summed E-state index contributed by atoms with van der Waals surface area (Å²) in [6, 6.07) is 6.56. The van der Waals surface area contributed by atoms with E-state index in [-0.39, 0.29) is 0 Å². The molecular formula is C12H13Br. The van der Waals surface area contributed by atoms with E-state index in [0.29, 0.717) is 0 Å². The number of benzene rings is 1. The second-order valence-electron chi connectivity index (χ2n) is 3.70. The van der Waals surface area contributed by atoms with Crippen LogP contribution in [0.25, 0.3) is 4.48 Å². The number of hydrogen-bond donors (Lipinski definition) is 0. The SMILES string of the molecule is CC1=C(Br)c2c(C)cccc2CC1. The van der Waals surface area contributed by atoms with Gasteiger partial charge in [0.1, 0.15) is 0 Å². The van der Waals surface area contributed by atoms with Gasteiger partial charge in [-0.1, -0.05) is 39.7 Å². The van der Waals surface area contributed by atoms with Gasteiger partial charge in [0.2, 0.25) is 0 Å². The fourth-order valence-electron chi connectivity index (χ4n) is 1.90. The summed E-state index contributed by atoms with van der Waals surface area (Å²) in [4.78, 5) is 0. The maximum Gasteiger partial charge on any atom is 0.0242 e. The molecule has 0 bridgehead atoms. The van der Waals surface area contributed by atoms with E-state index in [1.165, 1.54) is 39.6 Å². The summed E-state index contributed by atoms with van der Waals surface area (Å²) in [6.07, 6.45) is 2.38. The number of fused-ring (bicyclic) bond motifs is 1. The lowest BCUT2D eigenvalue weighted by Gasteiger charge is -2.19. The highest BCUT2D eigenvalue weighted by Crippen LogP contribution is 2.36. The van der Waals surface area contributed by atoms with Crippen molar-refractivity contribution in [2.75, 3.05) is 0 Å². The Morgan fingerprint density at radius 1 is 1.15 bits per heavy atom. The summed E-state index contributed by atoms with van der Waals surface area (Å²) in [7, 11) is 0. The fraction of sp³-hybridized carbons (Fsp3) is 0.333. The lowest BCUT2D eigenvalue weighted by Crippen LogP contribution is -2.02. The molecule has 0 heterocycles. The first-order valence-corrected chi connectivity index (χ1v) is 5.43. The van der Waals surface area contributed by atoms with Gasteiger partial charge in [-0.2, -0.15) is 0 Å². The molecule has 13 heavy (non-hydrogen) atoms. The number of hydrogen-bond acceptors (Lipinski definition) is 0. The van der Waals surface area contributed by atoms with Gasteiger partial charge in [-0.25, -0.2) is 0 Å². The number of allylic oxidation sites excluding steroid dienone is 1. The summed E-state index contributed by atoms with van der Waals surface area (Å²) in [5.74, 6) is 0. The van der Waals surface area contributed by atoms with Gasteiger partial charge in [0, 0.05) is 4.48 Å². The maximum absolute atomic E-state index is 3.68. The van der Waals surface area contributed by atoms with Gasteiger partial charge < -0.3 is 0 Å². The van der Waals surface area contributed by atoms with E-state index in [2.05, 4.69) is 48.0 Å². The molecule has 0 saturated heterocycles. The van der Waals surface area contributed by atoms with Crippen molar-refractivity contribution < 1.29 is 0 Å². The van der Waals surface area contributed by atoms with Crippen LogP contribution in [0, 0.1) is 6.92 Å². The minimum Gasteiger partial charge on any atom is -0.0617 e. The van der Waals surface area contributed by atoms with Crippen LogP contribution in [0.4, 0.5) is 0 Å². The lowest BCUT2D eigenvalue weighted by molar-refractivity contribution is 0.922. The first-order valence-electron chi connectivity index (χ1n) is 4.64. The average Bonchev–Trinajstić information content (AvgIpc) is 2.12. The molecule has 0 saturated carbocycles. The Morgan fingerprint density at radius 2 is 1.92 bits per heavy atom. The van der Waals surface area contributed by atoms with Crippen LogP contribution in [0.15, 0.2) is 23.8 Å². The summed E-state index contributed by atoms with van der Waals surface area (Å²) in [5.41, 5.74) is 5.76. The molecule has 2 rings (SSSR count). The molecular weight excluding hydrogens is 224 g/mol. The summed E-state index contributed by atoms with van der Waals surface area (Å²) < 4.78 is 1.31. The molecule has 1 aromatic rings. The van der Waals surface area contributed by atoms with E-state index in [1.54, 1.807) is 0 Å². The van der Waals surface area contributed by atoms with Crippen LogP contribution in [0.2, 0.25) is 0 Å². The van der Waals surface area contributed by atoms with Gasteiger partial charge in [0.25, 0.3) is 0 Å². The van der Waals surface area contributed by atoms with Crippen LogP contribution >= 0.6 is 15.9 Å². The quantitative estimate of drug-likeness (QED) is 0.638. The molecule has 1 heteroatoms. The van der Waals surface area contributed by atoms with E-state index in [9.17, 15) is 0 Å². The third kappa shape index (κ3) is 1.46. The third-order valence-electron chi connectivity index (χ3n) is 2.72. The average molecular weight is 237 g/mol. The predicted octanol–water partition coefficient (Wildman–Crippen LogP) is 4.07. The third-order valence-corrected chi connectivity index (χ3v) is 3.80. The molecule has 0 unspecified atom stereocenters. The Labute approximate surface area is 87.8 Å². The van der Waals surface area contributed by atoms with Gasteiger partial charge in [-0.05, 0) is 43.4 Å². The summed E-state index contributed by atoms with van der Waals surface area (Å²) in [5, 5.41) is 0. The molecule has 68 valence electrons. The topological polar surface area (TPSA) is 0 Å². The maximum atomic E-state index is 3.68. The predicted molar refractivity (Wildman–Crippen MR) is 61.0 cm³/mol. The van der Waals surface area contributed by atoms with Crippen LogP contribution in [-0.4, -0.2) is 0 Å². The van der Waals surface area contributed by atoms with Crippen LogP contribution in [0.5, 0.6) is 0 Å². The largest absolute Gasteiger partial charge is 0.0617 e. The lowest BCUT2D eigenvalue weighted by atomic mass is 9.90. The highest BCUT2D eigenvalue weighted by molar-refractivity contribution is 9.15. The molecule has 1 aliphatic carbocycles. The van der Waals surface area contributed by atoms with Crippen molar-refractivity contribution >= 4 is 20.4 Å². The molecule has 0 spiro atoms. The normalized spacial score (nSPS) is 15.9. The molecule has 0 N–H and O–H groups in total. The highest BCUT2D eigenvalue weighted by Gasteiger charge is 2.15. The molecule has 0 fully saturated rings. The minimum absolute atomic E-state index is 1.19. The zero-order valence-corrected chi connectivity index (χ0v) is 9.61. The molecule has 0 aliphatic heterocycles. The van der Waals surface area contributed by atoms with Crippen molar-refractivity contribution in [2.24, 2.45) is 0 Å². The first-order chi connectivity index (χ1) is 6.20. The van der Waals surface area contributed by atoms with Crippen molar-refractivity contribution in [3.63, 3.8) is 0 Å². The molecule has 0 amide bonds. The van der Waals surface area contributed by atoms with E-state index < -0.39 is 0 Å². The Kier molecular flexibility index (Phi) is 2.29. The number of halogens is 1. The Hall–Kier alpha value is -0.560. The Bertz CT molecular complexity index is 375. The minimum atomic E-state index is 1.19. The van der Waals surface area contributed by atoms with Crippen molar-refractivity contribution in [1.29, 1.82) is 0 Å². The van der Waals surface area contributed by atoms with E-state index in [4.69, 9.17) is 0 Å². The van der Waals surface area contributed by atoms with E-state index in [1.807, 2.05) is 0 Å². The van der Waals surface area contributed by atoms with Gasteiger partial charge in [-0.3, -0.25) is 0 Å². The van der Waals surface area contributed by atoms with Crippen molar-refractivity contribution in [3.8, 4) is 0 Å². The van der Waals surface area contributed by atoms with Crippen LogP contribution in [-0.2, 0) is 6.42 Å². The standard InChI is InChI=1S/C12H13Br/c1-8-4-3-5-10-7-6-9(2)12(13)11(8)10/h3-5H,6-7H2,1-2H3. The molecule has 0 atom stereocenters. The van der Waals surface area contributed by atoms with Crippen LogP contribution < -0.4 is 0 Å². The van der Waals surface area contributed by atoms with Gasteiger partial charge in [-0.15, -0.1) is 0 Å². The zero-order chi connectivity index (χ0) is 9.42. The summed E-state index contributed by atoms with van der Waals surface area (Å²) >= 11 is 3.68. The van der Waals surface area contributed by atoms with E-state index >= 15 is 0 Å². The second-order valence-corrected chi connectivity index (χ2v) is 4.50. The second kappa shape index (κ2) is 3.30. The van der Waals surface area contributed by atoms with Crippen molar-refractivity contribution in [3.05, 3.63) is 40.5 Å². The monoisotopic (exact) mass is 236 g/mol. The molecule has 0 aromatic heterocycles. The Balaban J connectivity index is 2.67. The molecule has 1 aromatic carbocycles. The fourth-order valence-corrected chi connectivity index (χ4v) is 2.66. The number of rotatable bonds is 0. The first kappa shape index (κ1) is 9.01.